The number of piperidine rings is 1. The Balaban J connectivity index is 1.66. The first kappa shape index (κ1) is 21.9. The summed E-state index contributed by atoms with van der Waals surface area (Å²) in [4.78, 5) is 39.0. The van der Waals surface area contributed by atoms with Gasteiger partial charge in [-0.25, -0.2) is 0 Å². The van der Waals surface area contributed by atoms with Gasteiger partial charge >= 0.3 is 5.97 Å². The summed E-state index contributed by atoms with van der Waals surface area (Å²) >= 11 is 0. The van der Waals surface area contributed by atoms with Crippen molar-refractivity contribution in [2.24, 2.45) is 11.8 Å². The van der Waals surface area contributed by atoms with E-state index in [2.05, 4.69) is 5.32 Å². The maximum Gasteiger partial charge on any atom is 0.307 e. The maximum atomic E-state index is 12.9. The molecule has 2 amide bonds. The zero-order valence-corrected chi connectivity index (χ0v) is 17.8. The van der Waals surface area contributed by atoms with Crippen LogP contribution in [0.5, 0.6) is 11.5 Å². The molecule has 0 spiro atoms. The number of amides is 2. The fourth-order valence-electron chi connectivity index (χ4n) is 3.81. The number of carbonyl (C=O) groups excluding carboxylic acids is 3. The van der Waals surface area contributed by atoms with Gasteiger partial charge in [0.1, 0.15) is 0 Å². The Morgan fingerprint density at radius 1 is 1.00 bits per heavy atom. The molecular weight excluding hydrogens is 388 g/mol. The molecule has 1 heterocycles. The van der Waals surface area contributed by atoms with E-state index in [9.17, 15) is 14.4 Å². The summed E-state index contributed by atoms with van der Waals surface area (Å²) in [6.07, 6.45) is 3.23. The van der Waals surface area contributed by atoms with Gasteiger partial charge in [-0.05, 0) is 43.4 Å². The number of likely N-dealkylation sites (tertiary alicyclic amines) is 1. The largest absolute Gasteiger partial charge is 0.493 e. The monoisotopic (exact) mass is 418 g/mol. The first-order valence-corrected chi connectivity index (χ1v) is 10.3. The van der Waals surface area contributed by atoms with Crippen LogP contribution in [-0.4, -0.2) is 57.1 Å². The van der Waals surface area contributed by atoms with Crippen LogP contribution < -0.4 is 14.8 Å². The van der Waals surface area contributed by atoms with Crippen LogP contribution >= 0.6 is 0 Å². The molecule has 1 N–H and O–H groups in total. The van der Waals surface area contributed by atoms with Crippen LogP contribution in [0.25, 0.3) is 0 Å². The zero-order chi connectivity index (χ0) is 21.7. The molecule has 1 saturated carbocycles. The predicted molar refractivity (Wildman–Crippen MR) is 109 cm³/mol. The van der Waals surface area contributed by atoms with Gasteiger partial charge in [0.05, 0.1) is 33.8 Å². The lowest BCUT2D eigenvalue weighted by Gasteiger charge is -2.32. The van der Waals surface area contributed by atoms with E-state index in [4.69, 9.17) is 14.2 Å². The van der Waals surface area contributed by atoms with E-state index >= 15 is 0 Å². The number of hydrogen-bond acceptors (Lipinski definition) is 6. The molecule has 1 aliphatic carbocycles. The standard InChI is InChI=1S/C22H30N2O6/c1-28-18-7-6-16(12-19(18)29-2)17(13-20(25)30-3)23-21(26)14-8-10-24(11-9-14)22(27)15-4-5-15/h6-7,12,14-15,17H,4-5,8-11,13H2,1-3H3,(H,23,26). The molecule has 8 heteroatoms. The highest BCUT2D eigenvalue weighted by Crippen LogP contribution is 2.33. The van der Waals surface area contributed by atoms with Gasteiger partial charge in [-0.2, -0.15) is 0 Å². The summed E-state index contributed by atoms with van der Waals surface area (Å²) in [5, 5.41) is 3.00. The van der Waals surface area contributed by atoms with Crippen molar-refractivity contribution in [3.63, 3.8) is 0 Å². The Hall–Kier alpha value is -2.77. The first-order valence-electron chi connectivity index (χ1n) is 10.3. The summed E-state index contributed by atoms with van der Waals surface area (Å²) in [7, 11) is 4.40. The second-order valence-corrected chi connectivity index (χ2v) is 7.83. The number of carbonyl (C=O) groups is 3. The van der Waals surface area contributed by atoms with Crippen molar-refractivity contribution in [3.05, 3.63) is 23.8 Å². The van der Waals surface area contributed by atoms with Crippen molar-refractivity contribution in [2.75, 3.05) is 34.4 Å². The number of rotatable bonds is 8. The molecule has 0 aromatic heterocycles. The van der Waals surface area contributed by atoms with Gasteiger partial charge in [-0.1, -0.05) is 6.07 Å². The van der Waals surface area contributed by atoms with Crippen LogP contribution in [0, 0.1) is 11.8 Å². The molecule has 0 radical (unpaired) electrons. The highest BCUT2D eigenvalue weighted by Gasteiger charge is 2.36. The minimum Gasteiger partial charge on any atom is -0.493 e. The molecule has 2 fully saturated rings. The Morgan fingerprint density at radius 2 is 1.67 bits per heavy atom. The SMILES string of the molecule is COC(=O)CC(NC(=O)C1CCN(C(=O)C2CC2)CC1)c1ccc(OC)c(OC)c1. The average molecular weight is 418 g/mol. The van der Waals surface area contributed by atoms with Crippen molar-refractivity contribution < 1.29 is 28.6 Å². The molecule has 1 aliphatic heterocycles. The van der Waals surface area contributed by atoms with Crippen molar-refractivity contribution in [3.8, 4) is 11.5 Å². The molecule has 1 atom stereocenters. The molecule has 30 heavy (non-hydrogen) atoms. The minimum absolute atomic E-state index is 0.0106. The molecule has 1 unspecified atom stereocenters. The fraction of sp³-hybridized carbons (Fsp3) is 0.591. The van der Waals surface area contributed by atoms with Gasteiger partial charge in [-0.15, -0.1) is 0 Å². The van der Waals surface area contributed by atoms with Gasteiger partial charge in [0.15, 0.2) is 11.5 Å². The number of methoxy groups -OCH3 is 3. The highest BCUT2D eigenvalue weighted by molar-refractivity contribution is 5.83. The lowest BCUT2D eigenvalue weighted by atomic mass is 9.94. The van der Waals surface area contributed by atoms with E-state index in [-0.39, 0.29) is 30.1 Å². The average Bonchev–Trinajstić information content (AvgIpc) is 3.63. The second kappa shape index (κ2) is 9.82. The quantitative estimate of drug-likeness (QED) is 0.650. The van der Waals surface area contributed by atoms with Gasteiger partial charge < -0.3 is 24.4 Å². The van der Waals surface area contributed by atoms with E-state index in [0.29, 0.717) is 37.4 Å². The van der Waals surface area contributed by atoms with Crippen LogP contribution in [0.2, 0.25) is 0 Å². The lowest BCUT2D eigenvalue weighted by molar-refractivity contribution is -0.142. The van der Waals surface area contributed by atoms with Crippen molar-refractivity contribution in [1.82, 2.24) is 10.2 Å². The molecule has 2 aliphatic rings. The van der Waals surface area contributed by atoms with E-state index in [1.807, 2.05) is 4.90 Å². The molecule has 1 aromatic rings. The number of hydrogen-bond donors (Lipinski definition) is 1. The molecular formula is C22H30N2O6. The summed E-state index contributed by atoms with van der Waals surface area (Å²) in [5.74, 6) is 0.793. The molecule has 3 rings (SSSR count). The van der Waals surface area contributed by atoms with Gasteiger partial charge in [-0.3, -0.25) is 14.4 Å². The Bertz CT molecular complexity index is 784. The van der Waals surface area contributed by atoms with E-state index < -0.39 is 12.0 Å². The highest BCUT2D eigenvalue weighted by atomic mass is 16.5. The lowest BCUT2D eigenvalue weighted by Crippen LogP contribution is -2.44. The van der Waals surface area contributed by atoms with Crippen LogP contribution in [0.4, 0.5) is 0 Å². The van der Waals surface area contributed by atoms with Crippen molar-refractivity contribution in [2.45, 2.75) is 38.1 Å². The molecule has 1 saturated heterocycles. The second-order valence-electron chi connectivity index (χ2n) is 7.83. The Kier molecular flexibility index (Phi) is 7.18. The van der Waals surface area contributed by atoms with Crippen LogP contribution in [-0.2, 0) is 19.1 Å². The van der Waals surface area contributed by atoms with Crippen LogP contribution in [0.15, 0.2) is 18.2 Å². The maximum absolute atomic E-state index is 12.9. The van der Waals surface area contributed by atoms with Gasteiger partial charge in [0, 0.05) is 24.9 Å². The normalized spacial score (nSPS) is 17.8. The minimum atomic E-state index is -0.545. The molecule has 164 valence electrons. The zero-order valence-electron chi connectivity index (χ0n) is 17.8. The fourth-order valence-corrected chi connectivity index (χ4v) is 3.81. The topological polar surface area (TPSA) is 94.2 Å². The number of esters is 1. The third-order valence-corrected chi connectivity index (χ3v) is 5.83. The summed E-state index contributed by atoms with van der Waals surface area (Å²) in [6.45, 7) is 1.21. The number of ether oxygens (including phenoxy) is 3. The van der Waals surface area contributed by atoms with Crippen molar-refractivity contribution >= 4 is 17.8 Å². The third kappa shape index (κ3) is 5.23. The number of nitrogens with zero attached hydrogens (tertiary/aromatic N) is 1. The summed E-state index contributed by atoms with van der Waals surface area (Å²) < 4.78 is 15.4. The first-order chi connectivity index (χ1) is 14.5. The molecule has 0 bridgehead atoms. The molecule has 8 nitrogen and oxygen atoms in total. The van der Waals surface area contributed by atoms with Crippen LogP contribution in [0.3, 0.4) is 0 Å². The van der Waals surface area contributed by atoms with E-state index in [1.54, 1.807) is 25.3 Å². The van der Waals surface area contributed by atoms with Gasteiger partial charge in [0.2, 0.25) is 11.8 Å². The third-order valence-electron chi connectivity index (χ3n) is 5.83. The molecule has 1 aromatic carbocycles. The Morgan fingerprint density at radius 3 is 2.23 bits per heavy atom. The van der Waals surface area contributed by atoms with Gasteiger partial charge in [0.25, 0.3) is 0 Å². The van der Waals surface area contributed by atoms with Crippen molar-refractivity contribution in [1.29, 1.82) is 0 Å². The smallest absolute Gasteiger partial charge is 0.307 e. The summed E-state index contributed by atoms with van der Waals surface area (Å²) in [5.41, 5.74) is 0.729. The van der Waals surface area contributed by atoms with E-state index in [0.717, 1.165) is 18.4 Å². The van der Waals surface area contributed by atoms with Crippen LogP contribution in [0.1, 0.15) is 43.7 Å². The summed E-state index contributed by atoms with van der Waals surface area (Å²) in [6, 6.07) is 4.75. The predicted octanol–water partition coefficient (Wildman–Crippen LogP) is 2.07. The Labute approximate surface area is 176 Å². The number of nitrogens with one attached hydrogen (secondary N) is 1. The van der Waals surface area contributed by atoms with E-state index in [1.165, 1.54) is 14.2 Å². The number of benzene rings is 1.